The Balaban J connectivity index is 2.29. The number of ether oxygens (including phenoxy) is 1. The van der Waals surface area contributed by atoms with Gasteiger partial charge in [0.15, 0.2) is 0 Å². The molecule has 17 heavy (non-hydrogen) atoms. The first-order valence-corrected chi connectivity index (χ1v) is 5.54. The van der Waals surface area contributed by atoms with Gasteiger partial charge in [-0.05, 0) is 24.6 Å². The van der Waals surface area contributed by atoms with Crippen LogP contribution >= 0.6 is 0 Å². The van der Waals surface area contributed by atoms with Gasteiger partial charge in [0.05, 0.1) is 6.61 Å². The molecule has 2 N–H and O–H groups in total. The van der Waals surface area contributed by atoms with Crippen LogP contribution in [0.2, 0.25) is 0 Å². The fraction of sp³-hybridized carbons (Fsp3) is 0.308. The monoisotopic (exact) mass is 235 g/mol. The van der Waals surface area contributed by atoms with Crippen LogP contribution in [0.25, 0.3) is 0 Å². The van der Waals surface area contributed by atoms with Crippen molar-refractivity contribution in [2.45, 2.75) is 13.5 Å². The van der Waals surface area contributed by atoms with Gasteiger partial charge in [0.2, 0.25) is 0 Å². The summed E-state index contributed by atoms with van der Waals surface area (Å²) >= 11 is 0. The molecule has 0 saturated carbocycles. The van der Waals surface area contributed by atoms with Gasteiger partial charge in [-0.1, -0.05) is 18.2 Å². The van der Waals surface area contributed by atoms with Crippen molar-refractivity contribution in [1.82, 2.24) is 5.32 Å². The van der Waals surface area contributed by atoms with E-state index in [4.69, 9.17) is 9.84 Å². The number of carbonyl (C=O) groups is 1. The van der Waals surface area contributed by atoms with Gasteiger partial charge in [-0.25, -0.2) is 4.79 Å². The van der Waals surface area contributed by atoms with Gasteiger partial charge in [-0.2, -0.15) is 0 Å². The first-order valence-electron chi connectivity index (χ1n) is 5.54. The molecular formula is C13H17NO3. The Bertz CT molecular complexity index is 371. The van der Waals surface area contributed by atoms with Gasteiger partial charge >= 0.3 is 5.97 Å². The minimum Gasteiger partial charge on any atom is -0.494 e. The third-order valence-electron chi connectivity index (χ3n) is 2.09. The quantitative estimate of drug-likeness (QED) is 0.559. The Hall–Kier alpha value is -1.81. The zero-order valence-electron chi connectivity index (χ0n) is 9.85. The van der Waals surface area contributed by atoms with E-state index in [9.17, 15) is 4.79 Å². The van der Waals surface area contributed by atoms with Crippen LogP contribution in [-0.4, -0.2) is 24.2 Å². The minimum absolute atomic E-state index is 0.541. The van der Waals surface area contributed by atoms with E-state index in [0.717, 1.165) is 17.4 Å². The molecule has 0 heterocycles. The van der Waals surface area contributed by atoms with E-state index in [0.29, 0.717) is 19.7 Å². The molecule has 1 rings (SSSR count). The maximum atomic E-state index is 10.2. The molecule has 1 aromatic carbocycles. The number of benzene rings is 1. The molecule has 0 saturated heterocycles. The molecule has 0 aromatic heterocycles. The molecule has 0 amide bonds. The van der Waals surface area contributed by atoms with Crippen LogP contribution in [0.3, 0.4) is 0 Å². The second kappa shape index (κ2) is 7.46. The summed E-state index contributed by atoms with van der Waals surface area (Å²) in [6, 6.07) is 7.82. The largest absolute Gasteiger partial charge is 0.494 e. The highest BCUT2D eigenvalue weighted by molar-refractivity contribution is 5.79. The number of nitrogens with one attached hydrogen (secondary N) is 1. The highest BCUT2D eigenvalue weighted by atomic mass is 16.5. The van der Waals surface area contributed by atoms with E-state index >= 15 is 0 Å². The van der Waals surface area contributed by atoms with Crippen molar-refractivity contribution in [3.05, 3.63) is 42.0 Å². The summed E-state index contributed by atoms with van der Waals surface area (Å²) in [4.78, 5) is 10.2. The van der Waals surface area contributed by atoms with Crippen LogP contribution in [0, 0.1) is 0 Å². The van der Waals surface area contributed by atoms with E-state index in [1.54, 1.807) is 6.08 Å². The molecule has 0 spiro atoms. The van der Waals surface area contributed by atoms with E-state index in [1.165, 1.54) is 0 Å². The predicted molar refractivity (Wildman–Crippen MR) is 66.1 cm³/mol. The molecule has 0 atom stereocenters. The Morgan fingerprint density at radius 3 is 2.71 bits per heavy atom. The summed E-state index contributed by atoms with van der Waals surface area (Å²) in [6.45, 7) is 3.86. The lowest BCUT2D eigenvalue weighted by Gasteiger charge is -2.05. The standard InChI is InChI=1S/C13H17NO3/c1-2-17-12-7-5-11(6-8-12)10-14-9-3-4-13(15)16/h3-8,14H,2,9-10H2,1H3,(H,15,16)/b4-3+. The van der Waals surface area contributed by atoms with Crippen LogP contribution in [0.15, 0.2) is 36.4 Å². The lowest BCUT2D eigenvalue weighted by molar-refractivity contribution is -0.131. The molecule has 4 nitrogen and oxygen atoms in total. The molecule has 0 unspecified atom stereocenters. The number of carboxylic acids is 1. The molecule has 92 valence electrons. The molecule has 0 radical (unpaired) electrons. The second-order valence-electron chi connectivity index (χ2n) is 3.45. The lowest BCUT2D eigenvalue weighted by atomic mass is 10.2. The first kappa shape index (κ1) is 13.3. The number of aliphatic carboxylic acids is 1. The highest BCUT2D eigenvalue weighted by Crippen LogP contribution is 2.11. The average Bonchev–Trinajstić information content (AvgIpc) is 2.31. The SMILES string of the molecule is CCOc1ccc(CNC/C=C/C(=O)O)cc1. The Morgan fingerprint density at radius 2 is 2.12 bits per heavy atom. The summed E-state index contributed by atoms with van der Waals surface area (Å²) in [7, 11) is 0. The molecular weight excluding hydrogens is 218 g/mol. The van der Waals surface area contributed by atoms with Crippen LogP contribution in [-0.2, 0) is 11.3 Å². The summed E-state index contributed by atoms with van der Waals surface area (Å²) < 4.78 is 5.33. The highest BCUT2D eigenvalue weighted by Gasteiger charge is 1.94. The van der Waals surface area contributed by atoms with Crippen molar-refractivity contribution in [1.29, 1.82) is 0 Å². The third-order valence-corrected chi connectivity index (χ3v) is 2.09. The van der Waals surface area contributed by atoms with Crippen LogP contribution in [0.4, 0.5) is 0 Å². The molecule has 0 aliphatic carbocycles. The van der Waals surface area contributed by atoms with E-state index < -0.39 is 5.97 Å². The van der Waals surface area contributed by atoms with Crippen molar-refractivity contribution >= 4 is 5.97 Å². The molecule has 0 aliphatic rings. The number of hydrogen-bond acceptors (Lipinski definition) is 3. The smallest absolute Gasteiger partial charge is 0.328 e. The Morgan fingerprint density at radius 1 is 1.41 bits per heavy atom. The van der Waals surface area contributed by atoms with Crippen LogP contribution < -0.4 is 10.1 Å². The molecule has 0 fully saturated rings. The molecule has 0 bridgehead atoms. The zero-order valence-corrected chi connectivity index (χ0v) is 9.85. The number of hydrogen-bond donors (Lipinski definition) is 2. The molecule has 4 heteroatoms. The lowest BCUT2D eigenvalue weighted by Crippen LogP contribution is -2.13. The second-order valence-corrected chi connectivity index (χ2v) is 3.45. The van der Waals surface area contributed by atoms with E-state index in [2.05, 4.69) is 5.32 Å². The fourth-order valence-corrected chi connectivity index (χ4v) is 1.33. The summed E-state index contributed by atoms with van der Waals surface area (Å²) in [5, 5.41) is 11.5. The summed E-state index contributed by atoms with van der Waals surface area (Å²) in [5.74, 6) is -0.0603. The van der Waals surface area contributed by atoms with Gasteiger partial charge in [0.25, 0.3) is 0 Å². The van der Waals surface area contributed by atoms with E-state index in [1.807, 2.05) is 31.2 Å². The molecule has 1 aromatic rings. The third kappa shape index (κ3) is 5.73. The van der Waals surface area contributed by atoms with Crippen molar-refractivity contribution < 1.29 is 14.6 Å². The van der Waals surface area contributed by atoms with Gasteiger partial charge in [-0.3, -0.25) is 0 Å². The van der Waals surface area contributed by atoms with Gasteiger partial charge in [0.1, 0.15) is 5.75 Å². The van der Waals surface area contributed by atoms with E-state index in [-0.39, 0.29) is 0 Å². The van der Waals surface area contributed by atoms with Gasteiger partial charge in [-0.15, -0.1) is 0 Å². The molecule has 0 aliphatic heterocycles. The number of rotatable bonds is 7. The average molecular weight is 235 g/mol. The maximum absolute atomic E-state index is 10.2. The fourth-order valence-electron chi connectivity index (χ4n) is 1.33. The normalized spacial score (nSPS) is 10.6. The summed E-state index contributed by atoms with van der Waals surface area (Å²) in [5.41, 5.74) is 1.14. The maximum Gasteiger partial charge on any atom is 0.328 e. The Labute approximate surface area is 101 Å². The van der Waals surface area contributed by atoms with Crippen LogP contribution in [0.5, 0.6) is 5.75 Å². The topological polar surface area (TPSA) is 58.6 Å². The van der Waals surface area contributed by atoms with Gasteiger partial charge < -0.3 is 15.2 Å². The van der Waals surface area contributed by atoms with Crippen molar-refractivity contribution in [3.8, 4) is 5.75 Å². The summed E-state index contributed by atoms with van der Waals surface area (Å²) in [6.07, 6.45) is 2.71. The van der Waals surface area contributed by atoms with Crippen molar-refractivity contribution in [2.24, 2.45) is 0 Å². The Kier molecular flexibility index (Phi) is 5.82. The minimum atomic E-state index is -0.923. The van der Waals surface area contributed by atoms with Crippen molar-refractivity contribution in [2.75, 3.05) is 13.2 Å². The predicted octanol–water partition coefficient (Wildman–Crippen LogP) is 1.82. The van der Waals surface area contributed by atoms with Gasteiger partial charge in [0, 0.05) is 19.2 Å². The number of carboxylic acid groups (broad SMARTS) is 1. The first-order chi connectivity index (χ1) is 8.22. The zero-order chi connectivity index (χ0) is 12.5. The van der Waals surface area contributed by atoms with Crippen molar-refractivity contribution in [3.63, 3.8) is 0 Å². The van der Waals surface area contributed by atoms with Crippen LogP contribution in [0.1, 0.15) is 12.5 Å².